The highest BCUT2D eigenvalue weighted by Crippen LogP contribution is 2.27. The lowest BCUT2D eigenvalue weighted by molar-refractivity contribution is -0.0437. The zero-order chi connectivity index (χ0) is 10.2. The summed E-state index contributed by atoms with van der Waals surface area (Å²) < 4.78 is 72.7. The molecule has 0 bridgehead atoms. The van der Waals surface area contributed by atoms with Crippen LogP contribution in [0, 0.1) is 0 Å². The Balaban J connectivity index is 5.03. The molecule has 2 unspecified atom stereocenters. The lowest BCUT2D eigenvalue weighted by Gasteiger charge is -2.16. The first kappa shape index (κ1) is 11.8. The average Bonchev–Trinajstić information content (AvgIpc) is 1.83. The molecule has 4 nitrogen and oxygen atoms in total. The second kappa shape index (κ2) is 3.30. The molecule has 0 spiro atoms. The van der Waals surface area contributed by atoms with Crippen molar-refractivity contribution in [3.63, 3.8) is 0 Å². The van der Waals surface area contributed by atoms with Crippen molar-refractivity contribution in [1.29, 1.82) is 0 Å². The second-order valence-electron chi connectivity index (χ2n) is 1.82. The van der Waals surface area contributed by atoms with Crippen molar-refractivity contribution in [2.24, 2.45) is 0 Å². The molecule has 0 saturated carbocycles. The molecule has 0 heterocycles. The van der Waals surface area contributed by atoms with Crippen LogP contribution in [0.2, 0.25) is 0 Å². The topological polar surface area (TPSA) is 74.3 Å². The summed E-state index contributed by atoms with van der Waals surface area (Å²) in [5.41, 5.74) is -5.52. The molecule has 0 N–H and O–H groups in total. The van der Waals surface area contributed by atoms with E-state index in [-0.39, 0.29) is 0 Å². The molecular weight excluding hydrogens is 221 g/mol. The van der Waals surface area contributed by atoms with Crippen LogP contribution in [0.3, 0.4) is 0 Å². The number of rotatable bonds is 2. The van der Waals surface area contributed by atoms with Crippen LogP contribution in [-0.4, -0.2) is 27.3 Å². The average molecular weight is 225 g/mol. The smallest absolute Gasteiger partial charge is 0.498 e. The molecule has 0 saturated heterocycles. The van der Waals surface area contributed by atoms with E-state index in [0.717, 1.165) is 0 Å². The lowest BCUT2D eigenvalue weighted by Crippen LogP contribution is -2.34. The fourth-order valence-electron chi connectivity index (χ4n) is 0.292. The number of hydrogen-bond acceptors (Lipinski definition) is 4. The van der Waals surface area contributed by atoms with Gasteiger partial charge in [0.05, 0.1) is 0 Å². The Morgan fingerprint density at radius 3 is 1.83 bits per heavy atom. The highest BCUT2D eigenvalue weighted by Gasteiger charge is 2.49. The van der Waals surface area contributed by atoms with Gasteiger partial charge in [0.25, 0.3) is 9.84 Å². The lowest BCUT2D eigenvalue weighted by atomic mass is 11.0. The van der Waals surface area contributed by atoms with E-state index >= 15 is 0 Å². The molecule has 0 aromatic rings. The Morgan fingerprint density at radius 1 is 1.42 bits per heavy atom. The van der Waals surface area contributed by atoms with Gasteiger partial charge in [0.2, 0.25) is 0 Å². The van der Waals surface area contributed by atoms with Gasteiger partial charge in [0, 0.05) is 0 Å². The minimum Gasteiger partial charge on any atom is -0.771 e. The van der Waals surface area contributed by atoms with E-state index in [1.807, 2.05) is 0 Å². The van der Waals surface area contributed by atoms with Crippen LogP contribution in [0.4, 0.5) is 13.2 Å². The third-order valence-electron chi connectivity index (χ3n) is 1.03. The highest BCUT2D eigenvalue weighted by atomic mass is 32.3. The Kier molecular flexibility index (Phi) is 3.26. The van der Waals surface area contributed by atoms with Crippen molar-refractivity contribution >= 4 is 20.9 Å². The normalized spacial score (nSPS) is 18.8. The molecule has 0 aliphatic carbocycles. The van der Waals surface area contributed by atoms with Crippen LogP contribution in [0.15, 0.2) is 0 Å². The summed E-state index contributed by atoms with van der Waals surface area (Å²) in [4.78, 5) is 0. The Bertz CT molecular complexity index is 278. The first-order valence-electron chi connectivity index (χ1n) is 2.49. The maximum absolute atomic E-state index is 11.6. The van der Waals surface area contributed by atoms with Gasteiger partial charge in [0.15, 0.2) is 0 Å². The first-order chi connectivity index (χ1) is 5.10. The summed E-state index contributed by atoms with van der Waals surface area (Å²) in [5, 5.41) is 0. The van der Waals surface area contributed by atoms with Gasteiger partial charge in [-0.15, -0.1) is 0 Å². The Hall–Kier alpha value is -0.150. The van der Waals surface area contributed by atoms with Crippen LogP contribution in [0.5, 0.6) is 0 Å². The van der Waals surface area contributed by atoms with Gasteiger partial charge in [-0.05, 0) is 18.0 Å². The van der Waals surface area contributed by atoms with E-state index in [1.54, 1.807) is 0 Å². The molecule has 0 aromatic heterocycles. The van der Waals surface area contributed by atoms with Gasteiger partial charge in [0.1, 0.15) is 4.58 Å². The van der Waals surface area contributed by atoms with Crippen molar-refractivity contribution in [3.05, 3.63) is 0 Å². The second-order valence-corrected chi connectivity index (χ2v) is 5.61. The summed E-state index contributed by atoms with van der Waals surface area (Å²) in [5.74, 6) is 0. The maximum atomic E-state index is 11.6. The monoisotopic (exact) mass is 225 g/mol. The SMILES string of the molecule is CC(S(=O)[O-])S(=O)(=O)C(F)(F)F. The van der Waals surface area contributed by atoms with Crippen LogP contribution < -0.4 is 0 Å². The minimum atomic E-state index is -5.59. The molecule has 12 heavy (non-hydrogen) atoms. The van der Waals surface area contributed by atoms with Gasteiger partial charge >= 0.3 is 5.51 Å². The summed E-state index contributed by atoms with van der Waals surface area (Å²) >= 11 is -3.28. The molecule has 74 valence electrons. The number of hydrogen-bond donors (Lipinski definition) is 0. The van der Waals surface area contributed by atoms with Gasteiger partial charge in [-0.3, -0.25) is 4.21 Å². The maximum Gasteiger partial charge on any atom is 0.498 e. The summed E-state index contributed by atoms with van der Waals surface area (Å²) in [6.45, 7) is 0.450. The molecule has 0 aromatic carbocycles. The Morgan fingerprint density at radius 2 is 1.75 bits per heavy atom. The van der Waals surface area contributed by atoms with Gasteiger partial charge in [-0.2, -0.15) is 13.2 Å². The highest BCUT2D eigenvalue weighted by molar-refractivity contribution is 8.04. The number of sulfone groups is 1. The van der Waals surface area contributed by atoms with Crippen LogP contribution in [0.1, 0.15) is 6.92 Å². The largest absolute Gasteiger partial charge is 0.771 e. The number of halogens is 3. The van der Waals surface area contributed by atoms with E-state index in [4.69, 9.17) is 0 Å². The van der Waals surface area contributed by atoms with E-state index in [0.29, 0.717) is 6.92 Å². The van der Waals surface area contributed by atoms with Crippen molar-refractivity contribution in [3.8, 4) is 0 Å². The molecule has 0 aliphatic rings. The quantitative estimate of drug-likeness (QED) is 0.627. The van der Waals surface area contributed by atoms with Crippen molar-refractivity contribution in [1.82, 2.24) is 0 Å². The summed E-state index contributed by atoms with van der Waals surface area (Å²) in [7, 11) is -5.59. The fraction of sp³-hybridized carbons (Fsp3) is 1.00. The molecular formula is C3H4F3O4S2-. The third kappa shape index (κ3) is 2.17. The fourth-order valence-corrected chi connectivity index (χ4v) is 1.82. The standard InChI is InChI=1S/C3H5F3O4S2/c1-2(11(7)8)12(9,10)3(4,5)6/h2H,1H3,(H,7,8)/p-1. The third-order valence-corrected chi connectivity index (χ3v) is 4.32. The van der Waals surface area contributed by atoms with Crippen LogP contribution in [-0.2, 0) is 20.9 Å². The van der Waals surface area contributed by atoms with Crippen molar-refractivity contribution < 1.29 is 30.4 Å². The first-order valence-corrected chi connectivity index (χ1v) is 5.17. The van der Waals surface area contributed by atoms with Crippen LogP contribution >= 0.6 is 0 Å². The molecule has 0 amide bonds. The summed E-state index contributed by atoms with van der Waals surface area (Å²) in [6, 6.07) is 0. The predicted octanol–water partition coefficient (Wildman–Crippen LogP) is 0.146. The zero-order valence-corrected chi connectivity index (χ0v) is 7.29. The molecule has 9 heteroatoms. The number of alkyl halides is 3. The van der Waals surface area contributed by atoms with Gasteiger partial charge in [-0.1, -0.05) is 0 Å². The van der Waals surface area contributed by atoms with Gasteiger partial charge < -0.3 is 4.55 Å². The summed E-state index contributed by atoms with van der Waals surface area (Å²) in [6.07, 6.45) is 0. The Labute approximate surface area is 69.0 Å². The van der Waals surface area contributed by atoms with Gasteiger partial charge in [-0.25, -0.2) is 8.42 Å². The van der Waals surface area contributed by atoms with E-state index in [1.165, 1.54) is 0 Å². The molecule has 2 atom stereocenters. The molecule has 0 radical (unpaired) electrons. The van der Waals surface area contributed by atoms with Crippen LogP contribution in [0.25, 0.3) is 0 Å². The zero-order valence-electron chi connectivity index (χ0n) is 5.66. The van der Waals surface area contributed by atoms with Crippen molar-refractivity contribution in [2.45, 2.75) is 17.0 Å². The van der Waals surface area contributed by atoms with Crippen molar-refractivity contribution in [2.75, 3.05) is 0 Å². The predicted molar refractivity (Wildman–Crippen MR) is 33.4 cm³/mol. The molecule has 0 fully saturated rings. The van der Waals surface area contributed by atoms with E-state index < -0.39 is 31.0 Å². The van der Waals surface area contributed by atoms with E-state index in [2.05, 4.69) is 0 Å². The van der Waals surface area contributed by atoms with E-state index in [9.17, 15) is 30.4 Å². The minimum absolute atomic E-state index is 0.450. The molecule has 0 aliphatic heterocycles. The molecule has 0 rings (SSSR count).